The second kappa shape index (κ2) is 11.7. The lowest BCUT2D eigenvalue weighted by Gasteiger charge is -2.15. The molecule has 0 fully saturated rings. The fourth-order valence-corrected chi connectivity index (χ4v) is 2.34. The number of nitrogens with two attached hydrogens (primary N) is 1. The van der Waals surface area contributed by atoms with E-state index in [-0.39, 0.29) is 0 Å². The van der Waals surface area contributed by atoms with Crippen molar-refractivity contribution in [3.8, 4) is 5.88 Å². The zero-order valence-electron chi connectivity index (χ0n) is 16.5. The van der Waals surface area contributed by atoms with Gasteiger partial charge in [-0.1, -0.05) is 26.7 Å². The van der Waals surface area contributed by atoms with Crippen LogP contribution in [0.4, 0.5) is 0 Å². The van der Waals surface area contributed by atoms with Crippen molar-refractivity contribution < 1.29 is 4.74 Å². The molecule has 0 aliphatic heterocycles. The van der Waals surface area contributed by atoms with Gasteiger partial charge < -0.3 is 20.7 Å². The van der Waals surface area contributed by atoms with E-state index in [1.165, 1.54) is 12.8 Å². The van der Waals surface area contributed by atoms with Crippen LogP contribution in [0.2, 0.25) is 0 Å². The first-order chi connectivity index (χ1) is 11.9. The van der Waals surface area contributed by atoms with Crippen molar-refractivity contribution in [1.29, 1.82) is 0 Å². The molecule has 0 spiro atoms. The maximum atomic E-state index is 5.99. The minimum Gasteiger partial charge on any atom is -0.476 e. The number of nitrogens with zero attached hydrogens (tertiary/aromatic N) is 3. The summed E-state index contributed by atoms with van der Waals surface area (Å²) in [4.78, 5) is 10.7. The van der Waals surface area contributed by atoms with Crippen molar-refractivity contribution in [3.63, 3.8) is 0 Å². The van der Waals surface area contributed by atoms with Crippen molar-refractivity contribution in [2.75, 3.05) is 27.2 Å². The van der Waals surface area contributed by atoms with Crippen LogP contribution < -0.4 is 15.8 Å². The highest BCUT2D eigenvalue weighted by atomic mass is 16.5. The van der Waals surface area contributed by atoms with Crippen LogP contribution in [0.3, 0.4) is 0 Å². The first kappa shape index (κ1) is 21.2. The Bertz CT molecular complexity index is 516. The molecule has 1 atom stereocenters. The van der Waals surface area contributed by atoms with E-state index in [4.69, 9.17) is 10.5 Å². The number of aromatic nitrogens is 1. The Balaban J connectivity index is 2.40. The van der Waals surface area contributed by atoms with Gasteiger partial charge in [0.15, 0.2) is 5.96 Å². The fourth-order valence-electron chi connectivity index (χ4n) is 2.34. The SMILES string of the molecule is CC(C)CCCC(C)NC(N)=NCc1ccnc(OCCN(C)C)c1. The first-order valence-corrected chi connectivity index (χ1v) is 9.15. The summed E-state index contributed by atoms with van der Waals surface area (Å²) in [6.45, 7) is 8.64. The number of hydrogen-bond donors (Lipinski definition) is 2. The Morgan fingerprint density at radius 2 is 2.08 bits per heavy atom. The van der Waals surface area contributed by atoms with Gasteiger partial charge in [0.25, 0.3) is 0 Å². The molecule has 1 aromatic rings. The number of guanidine groups is 1. The van der Waals surface area contributed by atoms with Gasteiger partial charge >= 0.3 is 0 Å². The number of aliphatic imine (C=N–C) groups is 1. The molecule has 6 nitrogen and oxygen atoms in total. The van der Waals surface area contributed by atoms with Gasteiger partial charge in [0.2, 0.25) is 5.88 Å². The highest BCUT2D eigenvalue weighted by molar-refractivity contribution is 5.78. The minimum absolute atomic E-state index is 0.338. The Morgan fingerprint density at radius 1 is 1.32 bits per heavy atom. The summed E-state index contributed by atoms with van der Waals surface area (Å²) >= 11 is 0. The summed E-state index contributed by atoms with van der Waals surface area (Å²) < 4.78 is 5.64. The molecule has 0 aliphatic carbocycles. The molecule has 0 aliphatic rings. The van der Waals surface area contributed by atoms with Gasteiger partial charge in [-0.25, -0.2) is 9.98 Å². The van der Waals surface area contributed by atoms with Crippen LogP contribution in [0.1, 0.15) is 45.6 Å². The minimum atomic E-state index is 0.338. The highest BCUT2D eigenvalue weighted by Gasteiger charge is 2.04. The van der Waals surface area contributed by atoms with Gasteiger partial charge in [0.1, 0.15) is 6.61 Å². The van der Waals surface area contributed by atoms with Crippen molar-refractivity contribution in [2.24, 2.45) is 16.6 Å². The highest BCUT2D eigenvalue weighted by Crippen LogP contribution is 2.11. The van der Waals surface area contributed by atoms with Crippen LogP contribution in [0, 0.1) is 5.92 Å². The lowest BCUT2D eigenvalue weighted by molar-refractivity contribution is 0.253. The molecule has 1 unspecified atom stereocenters. The average Bonchev–Trinajstić information content (AvgIpc) is 2.52. The summed E-state index contributed by atoms with van der Waals surface area (Å²) in [7, 11) is 4.03. The Morgan fingerprint density at radius 3 is 2.76 bits per heavy atom. The molecule has 0 bridgehead atoms. The van der Waals surface area contributed by atoms with Crippen LogP contribution in [0.15, 0.2) is 23.3 Å². The molecule has 1 aromatic heterocycles. The van der Waals surface area contributed by atoms with Gasteiger partial charge in [0, 0.05) is 24.8 Å². The molecule has 6 heteroatoms. The molecular weight excluding hydrogens is 314 g/mol. The molecule has 0 amide bonds. The summed E-state index contributed by atoms with van der Waals surface area (Å²) in [6, 6.07) is 4.19. The van der Waals surface area contributed by atoms with Crippen molar-refractivity contribution in [3.05, 3.63) is 23.9 Å². The van der Waals surface area contributed by atoms with E-state index >= 15 is 0 Å². The van der Waals surface area contributed by atoms with E-state index < -0.39 is 0 Å². The number of rotatable bonds is 11. The van der Waals surface area contributed by atoms with E-state index in [0.717, 1.165) is 24.4 Å². The molecular formula is C19H35N5O. The first-order valence-electron chi connectivity index (χ1n) is 9.15. The average molecular weight is 350 g/mol. The molecule has 3 N–H and O–H groups in total. The van der Waals surface area contributed by atoms with E-state index in [9.17, 15) is 0 Å². The topological polar surface area (TPSA) is 75.8 Å². The Labute approximate surface area is 152 Å². The Hall–Kier alpha value is -1.82. The van der Waals surface area contributed by atoms with Crippen LogP contribution in [-0.4, -0.2) is 49.1 Å². The van der Waals surface area contributed by atoms with E-state index in [1.807, 2.05) is 26.2 Å². The monoisotopic (exact) mass is 349 g/mol. The third-order valence-electron chi connectivity index (χ3n) is 3.83. The van der Waals surface area contributed by atoms with Gasteiger partial charge in [-0.2, -0.15) is 0 Å². The van der Waals surface area contributed by atoms with Gasteiger partial charge in [-0.15, -0.1) is 0 Å². The number of nitrogens with one attached hydrogen (secondary N) is 1. The molecule has 25 heavy (non-hydrogen) atoms. The maximum Gasteiger partial charge on any atom is 0.213 e. The van der Waals surface area contributed by atoms with Crippen molar-refractivity contribution in [2.45, 2.75) is 52.6 Å². The largest absolute Gasteiger partial charge is 0.476 e. The quantitative estimate of drug-likeness (QED) is 0.474. The predicted octanol–water partition coefficient (Wildman–Crippen LogP) is 2.64. The summed E-state index contributed by atoms with van der Waals surface area (Å²) in [6.07, 6.45) is 5.30. The van der Waals surface area contributed by atoms with Crippen LogP contribution in [0.25, 0.3) is 0 Å². The normalized spacial score (nSPS) is 13.3. The van der Waals surface area contributed by atoms with Crippen molar-refractivity contribution in [1.82, 2.24) is 15.2 Å². The number of hydrogen-bond acceptors (Lipinski definition) is 4. The lowest BCUT2D eigenvalue weighted by Crippen LogP contribution is -2.38. The van der Waals surface area contributed by atoms with Gasteiger partial charge in [-0.05, 0) is 45.0 Å². The Kier molecular flexibility index (Phi) is 9.92. The maximum absolute atomic E-state index is 5.99. The predicted molar refractivity (Wildman–Crippen MR) is 105 cm³/mol. The van der Waals surface area contributed by atoms with E-state index in [2.05, 4.69) is 41.0 Å². The fraction of sp³-hybridized carbons (Fsp3) is 0.684. The molecule has 0 aromatic carbocycles. The lowest BCUT2D eigenvalue weighted by atomic mass is 10.0. The third-order valence-corrected chi connectivity index (χ3v) is 3.83. The number of ether oxygens (including phenoxy) is 1. The number of pyridine rings is 1. The standard InChI is InChI=1S/C19H35N5O/c1-15(2)7-6-8-16(3)23-19(20)22-14-17-9-10-21-18(13-17)25-12-11-24(4)5/h9-10,13,15-16H,6-8,11-12,14H2,1-5H3,(H3,20,22,23). The summed E-state index contributed by atoms with van der Waals surface area (Å²) in [5.41, 5.74) is 7.03. The van der Waals surface area contributed by atoms with Crippen LogP contribution in [0.5, 0.6) is 5.88 Å². The molecule has 0 saturated carbocycles. The van der Waals surface area contributed by atoms with Crippen molar-refractivity contribution >= 4 is 5.96 Å². The second-order valence-electron chi connectivity index (χ2n) is 7.23. The summed E-state index contributed by atoms with van der Waals surface area (Å²) in [5, 5.41) is 3.26. The molecule has 0 saturated heterocycles. The molecule has 0 radical (unpaired) electrons. The van der Waals surface area contributed by atoms with E-state index in [0.29, 0.717) is 31.0 Å². The van der Waals surface area contributed by atoms with Crippen LogP contribution in [-0.2, 0) is 6.54 Å². The number of likely N-dealkylation sites (N-methyl/N-ethyl adjacent to an activating group) is 1. The molecule has 142 valence electrons. The van der Waals surface area contributed by atoms with Gasteiger partial charge in [0.05, 0.1) is 6.54 Å². The summed E-state index contributed by atoms with van der Waals surface area (Å²) in [5.74, 6) is 1.87. The molecule has 1 heterocycles. The zero-order valence-corrected chi connectivity index (χ0v) is 16.5. The second-order valence-corrected chi connectivity index (χ2v) is 7.23. The van der Waals surface area contributed by atoms with Gasteiger partial charge in [-0.3, -0.25) is 0 Å². The van der Waals surface area contributed by atoms with Crippen LogP contribution >= 0.6 is 0 Å². The molecule has 1 rings (SSSR count). The zero-order chi connectivity index (χ0) is 18.7. The van der Waals surface area contributed by atoms with E-state index in [1.54, 1.807) is 6.20 Å². The smallest absolute Gasteiger partial charge is 0.213 e. The third kappa shape index (κ3) is 10.6.